The Hall–Kier alpha value is -1.08. The molecule has 0 bridgehead atoms. The topological polar surface area (TPSA) is 20.2 Å². The van der Waals surface area contributed by atoms with Crippen LogP contribution in [0, 0.1) is 0 Å². The third-order valence-electron chi connectivity index (χ3n) is 2.19. The Kier molecular flexibility index (Phi) is 4.27. The smallest absolute Gasteiger partial charge is 0.0641 e. The summed E-state index contributed by atoms with van der Waals surface area (Å²) in [6, 6.07) is 10.3. The minimum absolute atomic E-state index is 0.184. The minimum Gasteiger partial charge on any atom is -0.392 e. The van der Waals surface area contributed by atoms with Gasteiger partial charge in [0.1, 0.15) is 0 Å². The molecule has 0 aromatic heterocycles. The monoisotopic (exact) mass is 176 g/mol. The number of rotatable bonds is 4. The summed E-state index contributed by atoms with van der Waals surface area (Å²) in [5, 5.41) is 8.94. The largest absolute Gasteiger partial charge is 0.392 e. The normalized spacial score (nSPS) is 11.7. The van der Waals surface area contributed by atoms with Gasteiger partial charge in [-0.05, 0) is 30.9 Å². The molecule has 1 N–H and O–H groups in total. The van der Waals surface area contributed by atoms with Gasteiger partial charge in [0.05, 0.1) is 6.61 Å². The molecule has 0 aliphatic carbocycles. The number of aliphatic hydroxyl groups excluding tert-OH is 1. The first-order chi connectivity index (χ1) is 6.36. The number of allylic oxidation sites excluding steroid dienone is 1. The van der Waals surface area contributed by atoms with Crippen LogP contribution in [0.5, 0.6) is 0 Å². The first-order valence-corrected chi connectivity index (χ1v) is 4.65. The fourth-order valence-corrected chi connectivity index (χ4v) is 1.26. The van der Waals surface area contributed by atoms with Gasteiger partial charge >= 0.3 is 0 Å². The van der Waals surface area contributed by atoms with Crippen LogP contribution < -0.4 is 0 Å². The van der Waals surface area contributed by atoms with Gasteiger partial charge in [0.25, 0.3) is 0 Å². The molecule has 0 saturated heterocycles. The number of hydrogen-bond acceptors (Lipinski definition) is 1. The molecule has 0 amide bonds. The molecule has 1 aromatic rings. The second kappa shape index (κ2) is 5.55. The molecule has 1 nitrogen and oxygen atoms in total. The summed E-state index contributed by atoms with van der Waals surface area (Å²) in [4.78, 5) is 0. The van der Waals surface area contributed by atoms with Crippen molar-refractivity contribution in [3.8, 4) is 0 Å². The lowest BCUT2D eigenvalue weighted by atomic mass is 10.1. The van der Waals surface area contributed by atoms with Crippen LogP contribution >= 0.6 is 0 Å². The van der Waals surface area contributed by atoms with Crippen LogP contribution in [0.4, 0.5) is 0 Å². The molecule has 0 saturated carbocycles. The third-order valence-corrected chi connectivity index (χ3v) is 2.19. The van der Waals surface area contributed by atoms with Crippen LogP contribution in [0.15, 0.2) is 42.0 Å². The van der Waals surface area contributed by atoms with E-state index in [0.29, 0.717) is 0 Å². The first-order valence-electron chi connectivity index (χ1n) is 4.65. The number of hydrogen-bond donors (Lipinski definition) is 1. The fourth-order valence-electron chi connectivity index (χ4n) is 1.26. The van der Waals surface area contributed by atoms with Gasteiger partial charge in [-0.1, -0.05) is 36.4 Å². The summed E-state index contributed by atoms with van der Waals surface area (Å²) in [6.45, 7) is 2.15. The van der Waals surface area contributed by atoms with E-state index in [1.54, 1.807) is 0 Å². The van der Waals surface area contributed by atoms with Crippen LogP contribution in [0.2, 0.25) is 0 Å². The van der Waals surface area contributed by atoms with Gasteiger partial charge in [0.2, 0.25) is 0 Å². The maximum atomic E-state index is 8.94. The highest BCUT2D eigenvalue weighted by atomic mass is 16.3. The molecule has 0 aliphatic heterocycles. The minimum atomic E-state index is 0.184. The molecule has 1 rings (SSSR count). The summed E-state index contributed by atoms with van der Waals surface area (Å²) in [7, 11) is 0. The van der Waals surface area contributed by atoms with Gasteiger partial charge in [-0.2, -0.15) is 0 Å². The molecule has 13 heavy (non-hydrogen) atoms. The number of aliphatic hydroxyl groups is 1. The SMILES string of the molecule is C/C=C(/CO)CCc1ccccc1. The van der Waals surface area contributed by atoms with Crippen molar-refractivity contribution in [3.05, 3.63) is 47.5 Å². The van der Waals surface area contributed by atoms with Crippen LogP contribution in [0.1, 0.15) is 18.9 Å². The van der Waals surface area contributed by atoms with Crippen molar-refractivity contribution in [3.63, 3.8) is 0 Å². The maximum Gasteiger partial charge on any atom is 0.0641 e. The van der Waals surface area contributed by atoms with Crippen molar-refractivity contribution < 1.29 is 5.11 Å². The molecule has 70 valence electrons. The van der Waals surface area contributed by atoms with E-state index in [1.165, 1.54) is 5.56 Å². The molecule has 1 heteroatoms. The summed E-state index contributed by atoms with van der Waals surface area (Å²) in [5.41, 5.74) is 2.44. The predicted octanol–water partition coefficient (Wildman–Crippen LogP) is 2.56. The Morgan fingerprint density at radius 1 is 1.31 bits per heavy atom. The van der Waals surface area contributed by atoms with E-state index in [4.69, 9.17) is 5.11 Å². The second-order valence-corrected chi connectivity index (χ2v) is 3.09. The van der Waals surface area contributed by atoms with E-state index >= 15 is 0 Å². The average molecular weight is 176 g/mol. The maximum absolute atomic E-state index is 8.94. The molecule has 0 heterocycles. The van der Waals surface area contributed by atoms with E-state index in [-0.39, 0.29) is 6.61 Å². The highest BCUT2D eigenvalue weighted by Crippen LogP contribution is 2.08. The van der Waals surface area contributed by atoms with Crippen molar-refractivity contribution in [1.29, 1.82) is 0 Å². The van der Waals surface area contributed by atoms with Gasteiger partial charge in [-0.15, -0.1) is 0 Å². The highest BCUT2D eigenvalue weighted by molar-refractivity contribution is 5.16. The average Bonchev–Trinajstić information content (AvgIpc) is 2.21. The Bertz CT molecular complexity index is 262. The second-order valence-electron chi connectivity index (χ2n) is 3.09. The van der Waals surface area contributed by atoms with Gasteiger partial charge in [0.15, 0.2) is 0 Å². The van der Waals surface area contributed by atoms with Crippen LogP contribution in [-0.4, -0.2) is 11.7 Å². The Balaban J connectivity index is 2.43. The summed E-state index contributed by atoms with van der Waals surface area (Å²) in [5.74, 6) is 0. The zero-order valence-corrected chi connectivity index (χ0v) is 8.03. The molecule has 1 aromatic carbocycles. The predicted molar refractivity (Wildman–Crippen MR) is 55.6 cm³/mol. The highest BCUT2D eigenvalue weighted by Gasteiger charge is 1.95. The van der Waals surface area contributed by atoms with Gasteiger partial charge in [-0.25, -0.2) is 0 Å². The quantitative estimate of drug-likeness (QED) is 0.699. The Labute approximate surface area is 79.7 Å². The van der Waals surface area contributed by atoms with Crippen molar-refractivity contribution in [2.45, 2.75) is 19.8 Å². The zero-order chi connectivity index (χ0) is 9.52. The fraction of sp³-hybridized carbons (Fsp3) is 0.333. The molecule has 0 radical (unpaired) electrons. The van der Waals surface area contributed by atoms with Crippen molar-refractivity contribution in [2.24, 2.45) is 0 Å². The number of benzene rings is 1. The van der Waals surface area contributed by atoms with Gasteiger partial charge < -0.3 is 5.11 Å². The van der Waals surface area contributed by atoms with E-state index in [0.717, 1.165) is 18.4 Å². The third kappa shape index (κ3) is 3.43. The van der Waals surface area contributed by atoms with Crippen molar-refractivity contribution >= 4 is 0 Å². The van der Waals surface area contributed by atoms with Crippen LogP contribution in [-0.2, 0) is 6.42 Å². The Morgan fingerprint density at radius 2 is 2.00 bits per heavy atom. The molecule has 0 spiro atoms. The standard InChI is InChI=1S/C12H16O/c1-2-11(10-13)8-9-12-6-4-3-5-7-12/h2-7,13H,8-10H2,1H3/b11-2+. The van der Waals surface area contributed by atoms with Crippen LogP contribution in [0.3, 0.4) is 0 Å². The van der Waals surface area contributed by atoms with E-state index in [1.807, 2.05) is 31.2 Å². The molecule has 0 atom stereocenters. The molecular weight excluding hydrogens is 160 g/mol. The summed E-state index contributed by atoms with van der Waals surface area (Å²) in [6.07, 6.45) is 3.96. The van der Waals surface area contributed by atoms with Gasteiger partial charge in [-0.3, -0.25) is 0 Å². The van der Waals surface area contributed by atoms with E-state index in [9.17, 15) is 0 Å². The summed E-state index contributed by atoms with van der Waals surface area (Å²) >= 11 is 0. The van der Waals surface area contributed by atoms with E-state index in [2.05, 4.69) is 12.1 Å². The molecular formula is C12H16O. The van der Waals surface area contributed by atoms with E-state index < -0.39 is 0 Å². The molecule has 0 unspecified atom stereocenters. The summed E-state index contributed by atoms with van der Waals surface area (Å²) < 4.78 is 0. The molecule has 0 aliphatic rings. The van der Waals surface area contributed by atoms with Crippen LogP contribution in [0.25, 0.3) is 0 Å². The molecule has 0 fully saturated rings. The van der Waals surface area contributed by atoms with Crippen molar-refractivity contribution in [1.82, 2.24) is 0 Å². The first kappa shape index (κ1) is 10.0. The lowest BCUT2D eigenvalue weighted by Crippen LogP contribution is -1.93. The zero-order valence-electron chi connectivity index (χ0n) is 8.03. The lowest BCUT2D eigenvalue weighted by molar-refractivity contribution is 0.326. The van der Waals surface area contributed by atoms with Gasteiger partial charge in [0, 0.05) is 0 Å². The van der Waals surface area contributed by atoms with Crippen molar-refractivity contribution in [2.75, 3.05) is 6.61 Å². The number of aryl methyl sites for hydroxylation is 1. The Morgan fingerprint density at radius 3 is 2.54 bits per heavy atom. The lowest BCUT2D eigenvalue weighted by Gasteiger charge is -2.02.